The maximum absolute atomic E-state index is 13.7. The van der Waals surface area contributed by atoms with Crippen molar-refractivity contribution in [1.29, 1.82) is 0 Å². The largest absolute Gasteiger partial charge is 0.458 e. The number of carbonyl (C=O) groups is 1. The third-order valence-electron chi connectivity index (χ3n) is 9.00. The highest BCUT2D eigenvalue weighted by Gasteiger charge is 2.60. The van der Waals surface area contributed by atoms with E-state index in [9.17, 15) is 4.79 Å². The number of hydrogen-bond donors (Lipinski definition) is 0. The highest BCUT2D eigenvalue weighted by molar-refractivity contribution is 5.78. The highest BCUT2D eigenvalue weighted by Crippen LogP contribution is 2.61. The van der Waals surface area contributed by atoms with Crippen LogP contribution in [0, 0.1) is 40.4 Å². The van der Waals surface area contributed by atoms with E-state index in [1.54, 1.807) is 0 Å². The molecule has 4 fully saturated rings. The van der Waals surface area contributed by atoms with Crippen LogP contribution in [0.25, 0.3) is 0 Å². The normalized spacial score (nSPS) is 38.5. The fourth-order valence-electron chi connectivity index (χ4n) is 6.93. The van der Waals surface area contributed by atoms with E-state index in [4.69, 9.17) is 4.74 Å². The van der Waals surface area contributed by atoms with Gasteiger partial charge in [-0.2, -0.15) is 0 Å². The summed E-state index contributed by atoms with van der Waals surface area (Å²) in [5.41, 5.74) is -0.630. The van der Waals surface area contributed by atoms with Gasteiger partial charge in [-0.3, -0.25) is 4.79 Å². The Bertz CT molecular complexity index is 504. The van der Waals surface area contributed by atoms with Gasteiger partial charge in [0.15, 0.2) is 0 Å². The van der Waals surface area contributed by atoms with Crippen LogP contribution in [0.15, 0.2) is 0 Å². The molecule has 0 amide bonds. The number of hydrogen-bond acceptors (Lipinski definition) is 2. The SMILES string of the molecule is CCC1(OC(=O)C(C)(CC(C)C)C(C)(C)CC)C2CC3CC(C2)CC1C3. The summed E-state index contributed by atoms with van der Waals surface area (Å²) in [6.07, 6.45) is 9.54. The van der Waals surface area contributed by atoms with Gasteiger partial charge in [0.05, 0.1) is 5.41 Å². The van der Waals surface area contributed by atoms with Crippen molar-refractivity contribution < 1.29 is 9.53 Å². The summed E-state index contributed by atoms with van der Waals surface area (Å²) in [6, 6.07) is 0. The first kappa shape index (κ1) is 20.2. The quantitative estimate of drug-likeness (QED) is 0.475. The molecule has 2 nitrogen and oxygen atoms in total. The second-order valence-corrected chi connectivity index (χ2v) is 11.2. The lowest BCUT2D eigenvalue weighted by molar-refractivity contribution is -0.224. The predicted octanol–water partition coefficient (Wildman–Crippen LogP) is 6.62. The third kappa shape index (κ3) is 3.04. The number of rotatable bonds is 7. The predicted molar refractivity (Wildman–Crippen MR) is 108 cm³/mol. The Kier molecular flexibility index (Phi) is 5.30. The molecule has 0 aromatic carbocycles. The van der Waals surface area contributed by atoms with Gasteiger partial charge in [-0.25, -0.2) is 0 Å². The molecule has 4 bridgehead atoms. The molecule has 0 N–H and O–H groups in total. The summed E-state index contributed by atoms with van der Waals surface area (Å²) in [5, 5.41) is 0. The first-order valence-corrected chi connectivity index (χ1v) is 11.3. The van der Waals surface area contributed by atoms with Crippen LogP contribution in [0.1, 0.15) is 99.8 Å². The molecule has 2 heteroatoms. The number of ether oxygens (including phenoxy) is 1. The van der Waals surface area contributed by atoms with E-state index < -0.39 is 5.41 Å². The Morgan fingerprint density at radius 2 is 1.50 bits per heavy atom. The molecule has 0 aromatic heterocycles. The van der Waals surface area contributed by atoms with Gasteiger partial charge in [-0.05, 0) is 93.3 Å². The molecule has 1 unspecified atom stereocenters. The summed E-state index contributed by atoms with van der Waals surface area (Å²) in [6.45, 7) is 15.6. The number of carbonyl (C=O) groups excluding carboxylic acids is 1. The van der Waals surface area contributed by atoms with E-state index in [0.717, 1.165) is 31.1 Å². The molecule has 26 heavy (non-hydrogen) atoms. The minimum atomic E-state index is -0.410. The second kappa shape index (κ2) is 6.82. The topological polar surface area (TPSA) is 26.3 Å². The molecular formula is C24H42O2. The molecule has 4 saturated carbocycles. The molecule has 1 atom stereocenters. The molecule has 0 heterocycles. The summed E-state index contributed by atoms with van der Waals surface area (Å²) in [5.74, 6) is 3.62. The van der Waals surface area contributed by atoms with Crippen LogP contribution in [0.2, 0.25) is 0 Å². The summed E-state index contributed by atoms with van der Waals surface area (Å²) in [7, 11) is 0. The van der Waals surface area contributed by atoms with Crippen LogP contribution in [0.3, 0.4) is 0 Å². The minimum absolute atomic E-state index is 0.0464. The molecule has 0 aliphatic heterocycles. The molecule has 4 aliphatic rings. The Hall–Kier alpha value is -0.530. The highest BCUT2D eigenvalue weighted by atomic mass is 16.6. The molecule has 0 saturated heterocycles. The van der Waals surface area contributed by atoms with Crippen molar-refractivity contribution in [3.05, 3.63) is 0 Å². The summed E-state index contributed by atoms with van der Waals surface area (Å²) >= 11 is 0. The number of esters is 1. The van der Waals surface area contributed by atoms with Crippen LogP contribution in [0.4, 0.5) is 0 Å². The lowest BCUT2D eigenvalue weighted by Crippen LogP contribution is -2.61. The fraction of sp³-hybridized carbons (Fsp3) is 0.958. The van der Waals surface area contributed by atoms with E-state index >= 15 is 0 Å². The van der Waals surface area contributed by atoms with Crippen molar-refractivity contribution in [2.45, 2.75) is 105 Å². The van der Waals surface area contributed by atoms with Gasteiger partial charge in [-0.15, -0.1) is 0 Å². The average molecular weight is 363 g/mol. The third-order valence-corrected chi connectivity index (χ3v) is 9.00. The van der Waals surface area contributed by atoms with Gasteiger partial charge in [0, 0.05) is 0 Å². The molecule has 4 rings (SSSR count). The molecular weight excluding hydrogens is 320 g/mol. The molecule has 0 spiro atoms. The molecule has 4 aliphatic carbocycles. The van der Waals surface area contributed by atoms with Crippen molar-refractivity contribution in [3.8, 4) is 0 Å². The maximum atomic E-state index is 13.7. The summed E-state index contributed by atoms with van der Waals surface area (Å²) < 4.78 is 6.68. The van der Waals surface area contributed by atoms with Gasteiger partial charge in [0.1, 0.15) is 5.60 Å². The van der Waals surface area contributed by atoms with Crippen LogP contribution in [-0.4, -0.2) is 11.6 Å². The fourth-order valence-corrected chi connectivity index (χ4v) is 6.93. The van der Waals surface area contributed by atoms with Gasteiger partial charge >= 0.3 is 5.97 Å². The van der Waals surface area contributed by atoms with Gasteiger partial charge in [0.2, 0.25) is 0 Å². The van der Waals surface area contributed by atoms with E-state index in [0.29, 0.717) is 17.8 Å². The Labute approximate surface area is 161 Å². The van der Waals surface area contributed by atoms with Crippen LogP contribution in [-0.2, 0) is 9.53 Å². The lowest BCUT2D eigenvalue weighted by Gasteiger charge is -2.61. The van der Waals surface area contributed by atoms with Crippen molar-refractivity contribution in [2.24, 2.45) is 40.4 Å². The van der Waals surface area contributed by atoms with Crippen LogP contribution >= 0.6 is 0 Å². The zero-order valence-corrected chi connectivity index (χ0v) is 18.4. The molecule has 0 aromatic rings. The van der Waals surface area contributed by atoms with Crippen molar-refractivity contribution >= 4 is 5.97 Å². The Morgan fingerprint density at radius 3 is 1.88 bits per heavy atom. The Morgan fingerprint density at radius 1 is 1.00 bits per heavy atom. The van der Waals surface area contributed by atoms with Crippen molar-refractivity contribution in [2.75, 3.05) is 0 Å². The molecule has 150 valence electrons. The van der Waals surface area contributed by atoms with Crippen LogP contribution < -0.4 is 0 Å². The van der Waals surface area contributed by atoms with E-state index in [1.165, 1.54) is 32.1 Å². The average Bonchev–Trinajstić information content (AvgIpc) is 2.56. The second-order valence-electron chi connectivity index (χ2n) is 11.2. The Balaban J connectivity index is 1.88. The van der Waals surface area contributed by atoms with E-state index in [2.05, 4.69) is 48.5 Å². The van der Waals surface area contributed by atoms with Gasteiger partial charge in [-0.1, -0.05) is 41.5 Å². The minimum Gasteiger partial charge on any atom is -0.458 e. The zero-order chi connectivity index (χ0) is 19.3. The van der Waals surface area contributed by atoms with Crippen LogP contribution in [0.5, 0.6) is 0 Å². The standard InChI is InChI=1S/C24H42O2/c1-8-22(5,6)23(7,15-16(3)4)21(25)26-24(9-2)19-11-17-10-18(13-19)14-20(24)12-17/h16-20H,8-15H2,1-7H3. The smallest absolute Gasteiger partial charge is 0.312 e. The van der Waals surface area contributed by atoms with E-state index in [1.807, 2.05) is 0 Å². The lowest BCUT2D eigenvalue weighted by atomic mass is 9.49. The first-order chi connectivity index (χ1) is 12.1. The zero-order valence-electron chi connectivity index (χ0n) is 18.4. The monoisotopic (exact) mass is 362 g/mol. The maximum Gasteiger partial charge on any atom is 0.312 e. The molecule has 0 radical (unpaired) electrons. The van der Waals surface area contributed by atoms with Crippen molar-refractivity contribution in [3.63, 3.8) is 0 Å². The summed E-state index contributed by atoms with van der Waals surface area (Å²) in [4.78, 5) is 13.7. The van der Waals surface area contributed by atoms with E-state index in [-0.39, 0.29) is 17.0 Å². The first-order valence-electron chi connectivity index (χ1n) is 11.3. The van der Waals surface area contributed by atoms with Crippen molar-refractivity contribution in [1.82, 2.24) is 0 Å². The van der Waals surface area contributed by atoms with Gasteiger partial charge < -0.3 is 4.74 Å². The van der Waals surface area contributed by atoms with Gasteiger partial charge in [0.25, 0.3) is 0 Å².